The molecule has 1 aliphatic heterocycles. The topological polar surface area (TPSA) is 108 Å². The van der Waals surface area contributed by atoms with Gasteiger partial charge in [0.05, 0.1) is 28.9 Å². The van der Waals surface area contributed by atoms with Crippen LogP contribution in [0.15, 0.2) is 46.6 Å². The number of aliphatic hydroxyl groups excluding tert-OH is 1. The van der Waals surface area contributed by atoms with Gasteiger partial charge in [-0.25, -0.2) is 4.98 Å². The van der Waals surface area contributed by atoms with Crippen LogP contribution in [0.25, 0.3) is 11.4 Å². The Morgan fingerprint density at radius 2 is 1.94 bits per heavy atom. The average molecular weight is 557 g/mol. The summed E-state index contributed by atoms with van der Waals surface area (Å²) in [7, 11) is 1.42. The number of aromatic nitrogens is 2. The molecule has 0 aliphatic carbocycles. The second-order valence-corrected chi connectivity index (χ2v) is 9.40. The fourth-order valence-corrected chi connectivity index (χ4v) is 5.14. The van der Waals surface area contributed by atoms with Gasteiger partial charge < -0.3 is 24.7 Å². The van der Waals surface area contributed by atoms with Crippen molar-refractivity contribution in [1.29, 1.82) is 0 Å². The van der Waals surface area contributed by atoms with Crippen LogP contribution in [-0.2, 0) is 9.59 Å². The van der Waals surface area contributed by atoms with Crippen molar-refractivity contribution >= 4 is 39.0 Å². The zero-order valence-electron chi connectivity index (χ0n) is 20.7. The molecule has 1 amide bonds. The molecule has 1 fully saturated rings. The second-order valence-electron chi connectivity index (χ2n) is 8.55. The molecule has 9 nitrogen and oxygen atoms in total. The number of amides is 1. The highest BCUT2D eigenvalue weighted by atomic mass is 79.9. The standard InChI is InChI=1S/C26H29BrN4O5/c1-5-29(6-2)11-12-31-22(16-13-17(27)23(32)18(14-16)36-4)20(25(34)26(31)35)24(33)21-15(3)28-19-9-7-8-10-30(19)21/h7-10,13-14,22,32-33H,5-6,11-12H2,1-4H3. The van der Waals surface area contributed by atoms with Gasteiger partial charge in [0, 0.05) is 19.3 Å². The lowest BCUT2D eigenvalue weighted by Gasteiger charge is -2.28. The van der Waals surface area contributed by atoms with Crippen LogP contribution in [-0.4, -0.2) is 74.4 Å². The molecule has 0 radical (unpaired) electrons. The predicted octanol–water partition coefficient (Wildman–Crippen LogP) is 3.88. The number of hydrogen-bond donors (Lipinski definition) is 2. The molecule has 0 saturated carbocycles. The Balaban J connectivity index is 1.94. The number of aliphatic hydroxyl groups is 1. The third-order valence-corrected chi connectivity index (χ3v) is 7.21. The van der Waals surface area contributed by atoms with E-state index >= 15 is 0 Å². The van der Waals surface area contributed by atoms with E-state index in [2.05, 4.69) is 25.8 Å². The summed E-state index contributed by atoms with van der Waals surface area (Å²) in [5, 5.41) is 21.9. The molecule has 1 aliphatic rings. The Morgan fingerprint density at radius 3 is 2.61 bits per heavy atom. The summed E-state index contributed by atoms with van der Waals surface area (Å²) in [6.45, 7) is 8.24. The van der Waals surface area contributed by atoms with E-state index in [0.717, 1.165) is 13.1 Å². The Hall–Kier alpha value is -3.37. The first-order valence-corrected chi connectivity index (χ1v) is 12.5. The van der Waals surface area contributed by atoms with Crippen LogP contribution in [0.4, 0.5) is 0 Å². The first kappa shape index (κ1) is 25.7. The highest BCUT2D eigenvalue weighted by molar-refractivity contribution is 9.10. The summed E-state index contributed by atoms with van der Waals surface area (Å²) < 4.78 is 7.36. The number of likely N-dealkylation sites (tertiary alicyclic amines) is 1. The maximum absolute atomic E-state index is 13.4. The van der Waals surface area contributed by atoms with E-state index in [1.165, 1.54) is 12.0 Å². The quantitative estimate of drug-likeness (QED) is 0.246. The highest BCUT2D eigenvalue weighted by Gasteiger charge is 2.47. The number of aromatic hydroxyl groups is 1. The van der Waals surface area contributed by atoms with Crippen LogP contribution in [0.3, 0.4) is 0 Å². The van der Waals surface area contributed by atoms with Crippen molar-refractivity contribution in [3.05, 3.63) is 63.5 Å². The summed E-state index contributed by atoms with van der Waals surface area (Å²) in [4.78, 5) is 34.9. The predicted molar refractivity (Wildman–Crippen MR) is 139 cm³/mol. The van der Waals surface area contributed by atoms with Crippen molar-refractivity contribution in [2.24, 2.45) is 0 Å². The number of carbonyl (C=O) groups is 2. The summed E-state index contributed by atoms with van der Waals surface area (Å²) in [5.74, 6) is -1.68. The molecule has 1 unspecified atom stereocenters. The maximum atomic E-state index is 13.4. The Labute approximate surface area is 217 Å². The minimum atomic E-state index is -0.889. The number of hydrogen-bond acceptors (Lipinski definition) is 7. The molecule has 0 bridgehead atoms. The molecule has 2 N–H and O–H groups in total. The van der Waals surface area contributed by atoms with Gasteiger partial charge in [0.15, 0.2) is 17.3 Å². The normalized spacial score (nSPS) is 17.5. The third-order valence-electron chi connectivity index (χ3n) is 6.61. The number of ether oxygens (including phenoxy) is 1. The van der Waals surface area contributed by atoms with E-state index in [9.17, 15) is 19.8 Å². The van der Waals surface area contributed by atoms with Crippen molar-refractivity contribution in [2.75, 3.05) is 33.3 Å². The number of pyridine rings is 1. The number of aryl methyl sites for hydroxylation is 1. The molecule has 2 aromatic heterocycles. The van der Waals surface area contributed by atoms with Crippen LogP contribution in [0.1, 0.15) is 36.8 Å². The monoisotopic (exact) mass is 556 g/mol. The van der Waals surface area contributed by atoms with Crippen molar-refractivity contribution in [2.45, 2.75) is 26.8 Å². The number of ketones is 1. The molecule has 3 heterocycles. The lowest BCUT2D eigenvalue weighted by Crippen LogP contribution is -2.38. The van der Waals surface area contributed by atoms with Gasteiger partial charge in [-0.3, -0.25) is 14.0 Å². The van der Waals surface area contributed by atoms with E-state index in [4.69, 9.17) is 4.74 Å². The number of phenols is 1. The van der Waals surface area contributed by atoms with E-state index in [1.807, 2.05) is 19.9 Å². The number of likely N-dealkylation sites (N-methyl/N-ethyl adjacent to an activating group) is 1. The molecule has 10 heteroatoms. The number of Topliss-reactive ketones (excluding diaryl/α,β-unsaturated/α-hetero) is 1. The first-order valence-electron chi connectivity index (χ1n) is 11.7. The Kier molecular flexibility index (Phi) is 7.37. The van der Waals surface area contributed by atoms with Crippen molar-refractivity contribution < 1.29 is 24.5 Å². The van der Waals surface area contributed by atoms with Gasteiger partial charge >= 0.3 is 0 Å². The third kappa shape index (κ3) is 4.35. The van der Waals surface area contributed by atoms with Crippen LogP contribution >= 0.6 is 15.9 Å². The maximum Gasteiger partial charge on any atom is 0.295 e. The van der Waals surface area contributed by atoms with Crippen molar-refractivity contribution in [3.63, 3.8) is 0 Å². The number of nitrogens with zero attached hydrogens (tertiary/aromatic N) is 4. The van der Waals surface area contributed by atoms with Crippen LogP contribution < -0.4 is 4.74 Å². The largest absolute Gasteiger partial charge is 0.505 e. The van der Waals surface area contributed by atoms with Gasteiger partial charge in [0.1, 0.15) is 11.3 Å². The molecule has 0 spiro atoms. The minimum absolute atomic E-state index is 0.0343. The fraction of sp³-hybridized carbons (Fsp3) is 0.346. The second kappa shape index (κ2) is 10.3. The summed E-state index contributed by atoms with van der Waals surface area (Å²) in [6, 6.07) is 7.75. The van der Waals surface area contributed by atoms with Gasteiger partial charge in [-0.2, -0.15) is 0 Å². The Bertz CT molecular complexity index is 1360. The highest BCUT2D eigenvalue weighted by Crippen LogP contribution is 2.44. The average Bonchev–Trinajstić information content (AvgIpc) is 3.34. The molecular formula is C26H29BrN4O5. The number of benzene rings is 1. The SMILES string of the molecule is CCN(CC)CCN1C(=O)C(=O)C(=C(O)c2c(C)nc3ccccn23)C1c1cc(Br)c(O)c(OC)c1. The number of carbonyl (C=O) groups excluding carboxylic acids is 2. The zero-order valence-corrected chi connectivity index (χ0v) is 22.2. The van der Waals surface area contributed by atoms with Gasteiger partial charge in [-0.05, 0) is 65.8 Å². The number of rotatable bonds is 8. The number of phenolic OH excluding ortho intramolecular Hbond substituents is 1. The molecule has 1 saturated heterocycles. The molecule has 1 atom stereocenters. The Morgan fingerprint density at radius 1 is 1.22 bits per heavy atom. The molecule has 3 aromatic rings. The molecule has 36 heavy (non-hydrogen) atoms. The molecule has 4 rings (SSSR count). The molecule has 190 valence electrons. The zero-order chi connectivity index (χ0) is 26.1. The summed E-state index contributed by atoms with van der Waals surface area (Å²) in [6.07, 6.45) is 1.75. The van der Waals surface area contributed by atoms with Crippen LogP contribution in [0.5, 0.6) is 11.5 Å². The summed E-state index contributed by atoms with van der Waals surface area (Å²) in [5.41, 5.74) is 1.97. The van der Waals surface area contributed by atoms with E-state index in [1.54, 1.807) is 41.8 Å². The van der Waals surface area contributed by atoms with E-state index in [0.29, 0.717) is 33.6 Å². The minimum Gasteiger partial charge on any atom is -0.505 e. The lowest BCUT2D eigenvalue weighted by atomic mass is 9.96. The van der Waals surface area contributed by atoms with Crippen molar-refractivity contribution in [1.82, 2.24) is 19.2 Å². The lowest BCUT2D eigenvalue weighted by molar-refractivity contribution is -0.140. The first-order chi connectivity index (χ1) is 17.2. The van der Waals surface area contributed by atoms with Gasteiger partial charge in [-0.1, -0.05) is 19.9 Å². The van der Waals surface area contributed by atoms with Gasteiger partial charge in [-0.15, -0.1) is 0 Å². The number of halogens is 1. The van der Waals surface area contributed by atoms with Gasteiger partial charge in [0.25, 0.3) is 11.7 Å². The molecule has 1 aromatic carbocycles. The van der Waals surface area contributed by atoms with Gasteiger partial charge in [0.2, 0.25) is 0 Å². The van der Waals surface area contributed by atoms with E-state index < -0.39 is 17.7 Å². The fourth-order valence-electron chi connectivity index (χ4n) is 4.68. The number of imidazole rings is 1. The van der Waals surface area contributed by atoms with E-state index in [-0.39, 0.29) is 29.4 Å². The van der Waals surface area contributed by atoms with Crippen LogP contribution in [0, 0.1) is 6.92 Å². The molecular weight excluding hydrogens is 528 g/mol. The van der Waals surface area contributed by atoms with Crippen LogP contribution in [0.2, 0.25) is 0 Å². The smallest absolute Gasteiger partial charge is 0.295 e. The number of methoxy groups -OCH3 is 1. The summed E-state index contributed by atoms with van der Waals surface area (Å²) >= 11 is 3.34. The van der Waals surface area contributed by atoms with Crippen molar-refractivity contribution in [3.8, 4) is 11.5 Å². The number of fused-ring (bicyclic) bond motifs is 1.